The van der Waals surface area contributed by atoms with Crippen molar-refractivity contribution < 1.29 is 28.6 Å². The predicted octanol–water partition coefficient (Wildman–Crippen LogP) is 14.1. The Labute approximate surface area is 391 Å². The van der Waals surface area contributed by atoms with Crippen LogP contribution >= 0.6 is 0 Å². The summed E-state index contributed by atoms with van der Waals surface area (Å²) in [6.45, 7) is 6.73. The van der Waals surface area contributed by atoms with E-state index in [4.69, 9.17) is 18.5 Å². The Morgan fingerprint density at radius 2 is 1.40 bits per heavy atom. The largest absolute Gasteiger partial charge is 0 e. The number of hydrogen-bond donors (Lipinski definition) is 0. The van der Waals surface area contributed by atoms with Gasteiger partial charge in [0.15, 0.2) is 0 Å². The summed E-state index contributed by atoms with van der Waals surface area (Å²) in [4.78, 5) is 14.5. The molecular formula is C56H50GeIrN4O-2. The summed E-state index contributed by atoms with van der Waals surface area (Å²) >= 11 is -1.83. The fourth-order valence-electron chi connectivity index (χ4n) is 7.87. The smallest absolute Gasteiger partial charge is 0 e. The zero-order valence-electron chi connectivity index (χ0n) is 39.5. The molecule has 4 aromatic heterocycles. The third-order valence-corrected chi connectivity index (χ3v) is 15.6. The minimum Gasteiger partial charge on any atom is 0 e. The van der Waals surface area contributed by atoms with E-state index in [0.717, 1.165) is 83.7 Å². The van der Waals surface area contributed by atoms with Crippen LogP contribution in [0.2, 0.25) is 17.3 Å². The molecule has 4 heterocycles. The molecule has 7 heteroatoms. The SMILES string of the molecule is Cc1ccc2c(n1)oc1c(-c3nc4ccccc4n3-c3c(-c4ccccc4)cc(C(C)(C)C)cc3-c3ccccc3)[c-]ccc12.[2H]C([2H])([2H])c1c[c-]c(-c2cc[c]([Ge]([CH3])([CH3])[CH3])cn2)cc1.[Ir]. The van der Waals surface area contributed by atoms with E-state index >= 15 is 0 Å². The van der Waals surface area contributed by atoms with Crippen LogP contribution < -0.4 is 4.40 Å². The Balaban J connectivity index is 0.000000238. The standard InChI is InChI=1S/C41H32N3O.C15H18GeN.Ir/c1-26-22-23-31-30-18-13-19-32(38(30)45-40(31)42-26)39-43-35-20-11-12-21-36(35)44(39)37-33(27-14-7-5-8-15-27)24-29(41(2,3)4)25-34(37)28-16-9-6-10-17-28;1-12-5-7-13(8-6-12)15-10-9-14(11-17-15)16(2,3)4;/h5-18,20-25H,1-4H3;5-7,9-11H,1-4H3;/q2*-1;/i;1D3;. The summed E-state index contributed by atoms with van der Waals surface area (Å²) in [5, 5.41) is 1.98. The first-order valence-corrected chi connectivity index (χ1v) is 28.4. The third kappa shape index (κ3) is 8.86. The molecule has 10 rings (SSSR count). The number of para-hydroxylation sites is 2. The van der Waals surface area contributed by atoms with Crippen LogP contribution in [0.1, 0.15) is 41.7 Å². The van der Waals surface area contributed by atoms with Gasteiger partial charge in [0.25, 0.3) is 0 Å². The summed E-state index contributed by atoms with van der Waals surface area (Å²) in [5.74, 6) is 7.76. The molecule has 0 fully saturated rings. The number of benzene rings is 6. The van der Waals surface area contributed by atoms with Gasteiger partial charge in [-0.1, -0.05) is 105 Å². The van der Waals surface area contributed by atoms with Crippen molar-refractivity contribution in [3.8, 4) is 50.6 Å². The molecule has 0 amide bonds. The summed E-state index contributed by atoms with van der Waals surface area (Å²) in [6.07, 6.45) is 1.95. The summed E-state index contributed by atoms with van der Waals surface area (Å²) in [6, 6.07) is 58.1. The number of furan rings is 1. The van der Waals surface area contributed by atoms with Crippen LogP contribution in [-0.2, 0) is 25.5 Å². The summed E-state index contributed by atoms with van der Waals surface area (Å²) in [7, 11) is 0. The number of nitrogens with zero attached hydrogens (tertiary/aromatic N) is 4. The van der Waals surface area contributed by atoms with Crippen LogP contribution in [0.15, 0.2) is 162 Å². The maximum Gasteiger partial charge on any atom is 0 e. The average Bonchev–Trinajstić information content (AvgIpc) is 3.87. The van der Waals surface area contributed by atoms with Crippen molar-refractivity contribution in [1.82, 2.24) is 19.5 Å². The Kier molecular flexibility index (Phi) is 11.2. The molecule has 10 aromatic rings. The summed E-state index contributed by atoms with van der Waals surface area (Å²) in [5.41, 5.74) is 13.8. The molecule has 0 saturated carbocycles. The fourth-order valence-corrected chi connectivity index (χ4v) is 10.0. The molecule has 0 saturated heterocycles. The number of rotatable bonds is 6. The predicted molar refractivity (Wildman–Crippen MR) is 261 cm³/mol. The maximum absolute atomic E-state index is 7.35. The van der Waals surface area contributed by atoms with Crippen LogP contribution in [0, 0.1) is 25.9 Å². The Morgan fingerprint density at radius 1 is 0.714 bits per heavy atom. The quantitative estimate of drug-likeness (QED) is 0.123. The van der Waals surface area contributed by atoms with E-state index in [0.29, 0.717) is 11.3 Å². The Bertz CT molecular complexity index is 3200. The van der Waals surface area contributed by atoms with E-state index in [1.165, 1.54) is 16.0 Å². The van der Waals surface area contributed by atoms with Gasteiger partial charge in [-0.2, -0.15) is 0 Å². The molecule has 0 aliphatic carbocycles. The molecular weight excluding hydrogens is 1010 g/mol. The van der Waals surface area contributed by atoms with Gasteiger partial charge in [0.2, 0.25) is 5.71 Å². The van der Waals surface area contributed by atoms with Crippen LogP contribution in [0.5, 0.6) is 0 Å². The van der Waals surface area contributed by atoms with Crippen molar-refractivity contribution >= 4 is 50.8 Å². The topological polar surface area (TPSA) is 56.7 Å². The van der Waals surface area contributed by atoms with Gasteiger partial charge in [-0.15, -0.1) is 18.2 Å². The summed E-state index contributed by atoms with van der Waals surface area (Å²) < 4.78 is 32.2. The van der Waals surface area contributed by atoms with Gasteiger partial charge in [0.1, 0.15) is 0 Å². The van der Waals surface area contributed by atoms with E-state index in [9.17, 15) is 0 Å². The fraction of sp³-hybridized carbons (Fsp3) is 0.161. The second kappa shape index (κ2) is 17.7. The van der Waals surface area contributed by atoms with Gasteiger partial charge in [0, 0.05) is 42.3 Å². The molecule has 315 valence electrons. The number of aryl methyl sites for hydroxylation is 2. The number of aromatic nitrogens is 4. The molecule has 0 bridgehead atoms. The van der Waals surface area contributed by atoms with E-state index in [1.54, 1.807) is 12.1 Å². The zero-order valence-corrected chi connectivity index (χ0v) is 41.0. The van der Waals surface area contributed by atoms with Gasteiger partial charge in [-0.3, -0.25) is 4.98 Å². The molecule has 0 aliphatic rings. The number of fused-ring (bicyclic) bond motifs is 4. The molecule has 1 radical (unpaired) electrons. The van der Waals surface area contributed by atoms with E-state index in [2.05, 4.69) is 169 Å². The molecule has 5 nitrogen and oxygen atoms in total. The van der Waals surface area contributed by atoms with Gasteiger partial charge >= 0.3 is 110 Å². The molecule has 63 heavy (non-hydrogen) atoms. The van der Waals surface area contributed by atoms with Crippen LogP contribution in [0.4, 0.5) is 0 Å². The van der Waals surface area contributed by atoms with E-state index in [1.807, 2.05) is 37.4 Å². The Morgan fingerprint density at radius 3 is 2.00 bits per heavy atom. The van der Waals surface area contributed by atoms with Crippen LogP contribution in [0.25, 0.3) is 83.7 Å². The van der Waals surface area contributed by atoms with Gasteiger partial charge in [0.05, 0.1) is 28.1 Å². The number of imidazole rings is 1. The minimum absolute atomic E-state index is 0. The second-order valence-electron chi connectivity index (χ2n) is 17.8. The zero-order chi connectivity index (χ0) is 45.7. The Hall–Kier alpha value is -5.92. The van der Waals surface area contributed by atoms with Crippen molar-refractivity contribution in [1.29, 1.82) is 0 Å². The van der Waals surface area contributed by atoms with Crippen molar-refractivity contribution in [3.63, 3.8) is 0 Å². The average molecular weight is 1060 g/mol. The number of hydrogen-bond acceptors (Lipinski definition) is 4. The van der Waals surface area contributed by atoms with Crippen molar-refractivity contribution in [2.24, 2.45) is 0 Å². The monoisotopic (exact) mass is 1060 g/mol. The van der Waals surface area contributed by atoms with E-state index < -0.39 is 20.1 Å². The first-order valence-electron chi connectivity index (χ1n) is 22.5. The van der Waals surface area contributed by atoms with Gasteiger partial charge in [-0.25, -0.2) is 4.98 Å². The molecule has 0 atom stereocenters. The van der Waals surface area contributed by atoms with Crippen LogP contribution in [0.3, 0.4) is 0 Å². The third-order valence-electron chi connectivity index (χ3n) is 11.3. The first-order chi connectivity index (χ1) is 31.0. The van der Waals surface area contributed by atoms with Gasteiger partial charge in [-0.05, 0) is 65.4 Å². The first kappa shape index (κ1) is 39.9. The molecule has 0 N–H and O–H groups in total. The number of pyridine rings is 2. The molecule has 0 spiro atoms. The minimum atomic E-state index is -2.08. The van der Waals surface area contributed by atoms with Crippen molar-refractivity contribution in [2.45, 2.75) is 57.2 Å². The van der Waals surface area contributed by atoms with Crippen LogP contribution in [-0.4, -0.2) is 32.8 Å². The molecule has 6 aromatic carbocycles. The van der Waals surface area contributed by atoms with Crippen molar-refractivity contribution in [3.05, 3.63) is 187 Å². The molecule has 0 aliphatic heterocycles. The second-order valence-corrected chi connectivity index (χ2v) is 28.5. The maximum atomic E-state index is 7.35. The van der Waals surface area contributed by atoms with E-state index in [-0.39, 0.29) is 25.5 Å². The van der Waals surface area contributed by atoms with Crippen molar-refractivity contribution in [2.75, 3.05) is 0 Å². The normalized spacial score (nSPS) is 12.6. The van der Waals surface area contributed by atoms with Gasteiger partial charge < -0.3 is 8.98 Å². The molecule has 0 unspecified atom stereocenters.